The fourth-order valence-corrected chi connectivity index (χ4v) is 1.12. The molecule has 0 radical (unpaired) electrons. The Morgan fingerprint density at radius 1 is 1.29 bits per heavy atom. The number of carbonyl (C=O) groups excluding carboxylic acids is 1. The fourth-order valence-electron chi connectivity index (χ4n) is 0.834. The number of aryl methyl sites for hydroxylation is 1. The highest BCUT2D eigenvalue weighted by Crippen LogP contribution is 2.05. The van der Waals surface area contributed by atoms with Crippen LogP contribution in [0, 0.1) is 6.92 Å². The largest absolute Gasteiger partial charge is 0.362 e. The van der Waals surface area contributed by atoms with Gasteiger partial charge in [0.05, 0.1) is 12.7 Å². The van der Waals surface area contributed by atoms with Crippen molar-refractivity contribution in [3.8, 4) is 0 Å². The fraction of sp³-hybridized carbons (Fsp3) is 0.222. The van der Waals surface area contributed by atoms with Crippen molar-refractivity contribution in [2.45, 2.75) is 6.92 Å². The van der Waals surface area contributed by atoms with Crippen molar-refractivity contribution >= 4 is 17.3 Å². The van der Waals surface area contributed by atoms with Crippen molar-refractivity contribution in [3.05, 3.63) is 35.4 Å². The molecule has 1 unspecified atom stereocenters. The van der Waals surface area contributed by atoms with E-state index < -0.39 is 17.3 Å². The van der Waals surface area contributed by atoms with Crippen LogP contribution in [0.4, 0.5) is 0 Å². The second-order valence-electron chi connectivity index (χ2n) is 2.61. The number of carbonyl (C=O) groups is 1. The Kier molecular flexibility index (Phi) is 3.79. The Morgan fingerprint density at radius 3 is 2.36 bits per heavy atom. The molecule has 0 N–H and O–H groups in total. The minimum absolute atomic E-state index is 0.348. The molecular formula is C9H10O4S. The van der Waals surface area contributed by atoms with E-state index in [1.807, 2.05) is 6.92 Å². The molecule has 0 saturated carbocycles. The minimum Gasteiger partial charge on any atom is -0.339 e. The van der Waals surface area contributed by atoms with Crippen molar-refractivity contribution in [1.29, 1.82) is 0 Å². The Bertz CT molecular complexity index is 344. The first kappa shape index (κ1) is 10.9. The van der Waals surface area contributed by atoms with Gasteiger partial charge in [0.1, 0.15) is 0 Å². The molecule has 0 aromatic heterocycles. The summed E-state index contributed by atoms with van der Waals surface area (Å²) in [4.78, 5) is 11.2. The molecule has 0 saturated heterocycles. The van der Waals surface area contributed by atoms with Gasteiger partial charge in [-0.2, -0.15) is 4.21 Å². The lowest BCUT2D eigenvalue weighted by Gasteiger charge is -2.00. The Balaban J connectivity index is 2.70. The van der Waals surface area contributed by atoms with Gasteiger partial charge in [0, 0.05) is 0 Å². The van der Waals surface area contributed by atoms with Crippen LogP contribution in [-0.2, 0) is 19.7 Å². The quantitative estimate of drug-likeness (QED) is 0.762. The summed E-state index contributed by atoms with van der Waals surface area (Å²) < 4.78 is 19.4. The van der Waals surface area contributed by atoms with E-state index in [9.17, 15) is 9.00 Å². The molecule has 1 aromatic rings. The van der Waals surface area contributed by atoms with Crippen LogP contribution < -0.4 is 0 Å². The van der Waals surface area contributed by atoms with Crippen LogP contribution in [0.1, 0.15) is 15.9 Å². The smallest absolute Gasteiger partial charge is 0.339 e. The van der Waals surface area contributed by atoms with E-state index >= 15 is 0 Å². The van der Waals surface area contributed by atoms with Crippen LogP contribution in [0.5, 0.6) is 0 Å². The van der Waals surface area contributed by atoms with E-state index in [-0.39, 0.29) is 0 Å². The second kappa shape index (κ2) is 4.88. The maximum absolute atomic E-state index is 11.2. The van der Waals surface area contributed by atoms with Gasteiger partial charge in [-0.1, -0.05) is 17.7 Å². The molecule has 1 atom stereocenters. The predicted molar refractivity (Wildman–Crippen MR) is 51.7 cm³/mol. The van der Waals surface area contributed by atoms with Crippen molar-refractivity contribution in [2.75, 3.05) is 7.11 Å². The van der Waals surface area contributed by atoms with E-state index in [1.54, 1.807) is 24.3 Å². The molecule has 0 bridgehead atoms. The van der Waals surface area contributed by atoms with Crippen molar-refractivity contribution in [1.82, 2.24) is 0 Å². The highest BCUT2D eigenvalue weighted by atomic mass is 32.2. The van der Waals surface area contributed by atoms with Crippen LogP contribution in [0.2, 0.25) is 0 Å². The number of benzene rings is 1. The van der Waals surface area contributed by atoms with E-state index in [4.69, 9.17) is 0 Å². The molecule has 0 aliphatic heterocycles. The minimum atomic E-state index is -2.01. The predicted octanol–water partition coefficient (Wildman–Crippen LogP) is 1.38. The Hall–Kier alpha value is -1.20. The molecule has 0 aliphatic carbocycles. The van der Waals surface area contributed by atoms with Crippen LogP contribution in [0.3, 0.4) is 0 Å². The number of hydrogen-bond acceptors (Lipinski definition) is 4. The van der Waals surface area contributed by atoms with Gasteiger partial charge in [0.15, 0.2) is 0 Å². The molecule has 76 valence electrons. The molecule has 14 heavy (non-hydrogen) atoms. The third-order valence-electron chi connectivity index (χ3n) is 1.57. The third-order valence-corrected chi connectivity index (χ3v) is 2.13. The summed E-state index contributed by atoms with van der Waals surface area (Å²) in [7, 11) is 1.19. The number of rotatable bonds is 3. The normalized spacial score (nSPS) is 12.1. The van der Waals surface area contributed by atoms with E-state index in [0.717, 1.165) is 5.56 Å². The molecule has 1 rings (SSSR count). The lowest BCUT2D eigenvalue weighted by molar-refractivity contribution is 0.0738. The van der Waals surface area contributed by atoms with Gasteiger partial charge >= 0.3 is 17.3 Å². The van der Waals surface area contributed by atoms with Crippen molar-refractivity contribution in [3.63, 3.8) is 0 Å². The average molecular weight is 214 g/mol. The van der Waals surface area contributed by atoms with Gasteiger partial charge in [-0.3, -0.25) is 4.18 Å². The van der Waals surface area contributed by atoms with Gasteiger partial charge < -0.3 is 4.18 Å². The summed E-state index contributed by atoms with van der Waals surface area (Å²) in [5.41, 5.74) is 1.38. The van der Waals surface area contributed by atoms with E-state index in [2.05, 4.69) is 8.37 Å². The summed E-state index contributed by atoms with van der Waals surface area (Å²) in [6, 6.07) is 6.74. The van der Waals surface area contributed by atoms with Gasteiger partial charge in [-0.05, 0) is 19.1 Å². The number of hydrogen-bond donors (Lipinski definition) is 0. The summed E-state index contributed by atoms with van der Waals surface area (Å²) in [5, 5.41) is 0. The molecule has 0 fully saturated rings. The average Bonchev–Trinajstić information content (AvgIpc) is 2.18. The molecule has 0 heterocycles. The zero-order valence-electron chi connectivity index (χ0n) is 7.85. The summed E-state index contributed by atoms with van der Waals surface area (Å²) in [6.45, 7) is 1.91. The first-order valence-electron chi connectivity index (χ1n) is 3.89. The molecule has 1 aromatic carbocycles. The first-order valence-corrected chi connectivity index (χ1v) is 4.89. The Labute approximate surface area is 84.7 Å². The van der Waals surface area contributed by atoms with Gasteiger partial charge in [0.25, 0.3) is 0 Å². The highest BCUT2D eigenvalue weighted by Gasteiger charge is 2.10. The lowest BCUT2D eigenvalue weighted by Crippen LogP contribution is -2.08. The third kappa shape index (κ3) is 2.93. The maximum atomic E-state index is 11.2. The summed E-state index contributed by atoms with van der Waals surface area (Å²) in [5.74, 6) is -0.662. The molecule has 4 nitrogen and oxygen atoms in total. The van der Waals surface area contributed by atoms with Crippen LogP contribution >= 0.6 is 0 Å². The van der Waals surface area contributed by atoms with Crippen molar-refractivity contribution in [2.24, 2.45) is 0 Å². The van der Waals surface area contributed by atoms with Crippen LogP contribution in [-0.4, -0.2) is 17.3 Å². The van der Waals surface area contributed by atoms with Gasteiger partial charge in [0.2, 0.25) is 0 Å². The molecule has 0 amide bonds. The zero-order chi connectivity index (χ0) is 10.6. The Morgan fingerprint density at radius 2 is 1.86 bits per heavy atom. The zero-order valence-corrected chi connectivity index (χ0v) is 8.67. The van der Waals surface area contributed by atoms with E-state index in [0.29, 0.717) is 5.56 Å². The van der Waals surface area contributed by atoms with Gasteiger partial charge in [-0.15, -0.1) is 0 Å². The molecule has 5 heteroatoms. The monoisotopic (exact) mass is 214 g/mol. The maximum Gasteiger partial charge on any atom is 0.362 e. The molecule has 0 spiro atoms. The topological polar surface area (TPSA) is 52.6 Å². The van der Waals surface area contributed by atoms with Crippen molar-refractivity contribution < 1.29 is 17.4 Å². The summed E-state index contributed by atoms with van der Waals surface area (Å²) >= 11 is -2.01. The summed E-state index contributed by atoms with van der Waals surface area (Å²) in [6.07, 6.45) is 0. The highest BCUT2D eigenvalue weighted by molar-refractivity contribution is 7.75. The van der Waals surface area contributed by atoms with Crippen LogP contribution in [0.25, 0.3) is 0 Å². The van der Waals surface area contributed by atoms with Gasteiger partial charge in [-0.25, -0.2) is 4.79 Å². The molecule has 0 aliphatic rings. The molecular weight excluding hydrogens is 204 g/mol. The second-order valence-corrected chi connectivity index (χ2v) is 3.52. The lowest BCUT2D eigenvalue weighted by atomic mass is 10.2. The van der Waals surface area contributed by atoms with Crippen LogP contribution in [0.15, 0.2) is 24.3 Å². The standard InChI is InChI=1S/C9H10O4S/c1-7-3-5-8(6-4-7)9(10)13-14(11)12-2/h3-6H,1-2H3. The van der Waals surface area contributed by atoms with E-state index in [1.165, 1.54) is 7.11 Å². The first-order chi connectivity index (χ1) is 6.63. The SMILES string of the molecule is COS(=O)OC(=O)c1ccc(C)cc1.